The van der Waals surface area contributed by atoms with Crippen LogP contribution in [0.2, 0.25) is 0 Å². The van der Waals surface area contributed by atoms with E-state index in [-0.39, 0.29) is 23.8 Å². The van der Waals surface area contributed by atoms with Gasteiger partial charge in [-0.15, -0.1) is 0 Å². The zero-order chi connectivity index (χ0) is 18.8. The normalized spacial score (nSPS) is 20.3. The highest BCUT2D eigenvalue weighted by molar-refractivity contribution is 5.89. The Bertz CT molecular complexity index is 715. The Morgan fingerprint density at radius 1 is 1.19 bits per heavy atom. The number of likely N-dealkylation sites (tertiary alicyclic amines) is 1. The number of carbonyl (C=O) groups is 3. The summed E-state index contributed by atoms with van der Waals surface area (Å²) in [7, 11) is 0. The summed E-state index contributed by atoms with van der Waals surface area (Å²) in [4.78, 5) is 37.9. The summed E-state index contributed by atoms with van der Waals surface area (Å²) in [5.74, 6) is -0.109. The summed E-state index contributed by atoms with van der Waals surface area (Å²) in [5, 5.41) is 5.66. The van der Waals surface area contributed by atoms with E-state index < -0.39 is 6.04 Å². The van der Waals surface area contributed by atoms with E-state index >= 15 is 0 Å². The molecule has 1 atom stereocenters. The number of rotatable bonds is 4. The highest BCUT2D eigenvalue weighted by atomic mass is 16.2. The number of hydrogen-bond donors (Lipinski definition) is 2. The smallest absolute Gasteiger partial charge is 0.242 e. The maximum atomic E-state index is 12.5. The molecule has 3 rings (SSSR count). The lowest BCUT2D eigenvalue weighted by molar-refractivity contribution is -0.138. The van der Waals surface area contributed by atoms with Crippen molar-refractivity contribution in [3.05, 3.63) is 34.4 Å². The Kier molecular flexibility index (Phi) is 5.30. The zero-order valence-electron chi connectivity index (χ0n) is 15.7. The van der Waals surface area contributed by atoms with Crippen LogP contribution in [-0.2, 0) is 20.8 Å². The Balaban J connectivity index is 1.48. The highest BCUT2D eigenvalue weighted by Gasteiger charge is 2.34. The molecule has 26 heavy (non-hydrogen) atoms. The third-order valence-electron chi connectivity index (χ3n) is 5.30. The van der Waals surface area contributed by atoms with Gasteiger partial charge in [-0.25, -0.2) is 0 Å². The van der Waals surface area contributed by atoms with Crippen molar-refractivity contribution in [1.82, 2.24) is 15.5 Å². The second-order valence-electron chi connectivity index (χ2n) is 7.57. The second-order valence-corrected chi connectivity index (χ2v) is 7.57. The van der Waals surface area contributed by atoms with Crippen LogP contribution in [0.3, 0.4) is 0 Å². The van der Waals surface area contributed by atoms with E-state index in [0.29, 0.717) is 32.4 Å². The SMILES string of the molecule is Cc1cc(C)c(CC(=O)N2CC(NC(=O)[C@H]3CCCC(=O)N3)C2)c(C)c1. The summed E-state index contributed by atoms with van der Waals surface area (Å²) in [6.45, 7) is 7.22. The molecule has 0 aromatic heterocycles. The Morgan fingerprint density at radius 2 is 1.85 bits per heavy atom. The van der Waals surface area contributed by atoms with Crippen molar-refractivity contribution in [2.24, 2.45) is 0 Å². The highest BCUT2D eigenvalue weighted by Crippen LogP contribution is 2.19. The fourth-order valence-electron chi connectivity index (χ4n) is 3.83. The number of piperidine rings is 1. The Hall–Kier alpha value is -2.37. The largest absolute Gasteiger partial charge is 0.348 e. The van der Waals surface area contributed by atoms with Gasteiger partial charge in [-0.1, -0.05) is 17.7 Å². The number of amides is 3. The van der Waals surface area contributed by atoms with Gasteiger partial charge in [0.15, 0.2) is 0 Å². The van der Waals surface area contributed by atoms with Crippen LogP contribution in [-0.4, -0.2) is 47.8 Å². The van der Waals surface area contributed by atoms with E-state index in [1.54, 1.807) is 4.90 Å². The van der Waals surface area contributed by atoms with Gasteiger partial charge in [0, 0.05) is 19.5 Å². The van der Waals surface area contributed by atoms with Crippen LogP contribution in [0.5, 0.6) is 0 Å². The molecule has 2 heterocycles. The van der Waals surface area contributed by atoms with Crippen LogP contribution >= 0.6 is 0 Å². The monoisotopic (exact) mass is 357 g/mol. The van der Waals surface area contributed by atoms with Crippen LogP contribution in [0.15, 0.2) is 12.1 Å². The van der Waals surface area contributed by atoms with Crippen LogP contribution in [0.1, 0.15) is 41.5 Å². The molecule has 0 radical (unpaired) electrons. The van der Waals surface area contributed by atoms with Crippen molar-refractivity contribution >= 4 is 17.7 Å². The Labute approximate surface area is 154 Å². The lowest BCUT2D eigenvalue weighted by atomic mass is 9.96. The fourth-order valence-corrected chi connectivity index (χ4v) is 3.83. The quantitative estimate of drug-likeness (QED) is 0.848. The molecule has 0 spiro atoms. The lowest BCUT2D eigenvalue weighted by Crippen LogP contribution is -2.63. The minimum Gasteiger partial charge on any atom is -0.348 e. The van der Waals surface area contributed by atoms with Gasteiger partial charge in [0.25, 0.3) is 0 Å². The molecule has 2 aliphatic rings. The summed E-state index contributed by atoms with van der Waals surface area (Å²) < 4.78 is 0. The maximum absolute atomic E-state index is 12.5. The molecule has 0 bridgehead atoms. The van der Waals surface area contributed by atoms with Gasteiger partial charge in [-0.05, 0) is 50.3 Å². The molecule has 2 aliphatic heterocycles. The Morgan fingerprint density at radius 3 is 2.46 bits per heavy atom. The van der Waals surface area contributed by atoms with Gasteiger partial charge in [0.05, 0.1) is 12.5 Å². The van der Waals surface area contributed by atoms with Crippen molar-refractivity contribution < 1.29 is 14.4 Å². The second kappa shape index (κ2) is 7.48. The van der Waals surface area contributed by atoms with Crippen molar-refractivity contribution in [2.45, 2.75) is 58.5 Å². The van der Waals surface area contributed by atoms with Crippen molar-refractivity contribution in [3.63, 3.8) is 0 Å². The van der Waals surface area contributed by atoms with Crippen LogP contribution in [0, 0.1) is 20.8 Å². The summed E-state index contributed by atoms with van der Waals surface area (Å²) in [6, 6.07) is 3.75. The van der Waals surface area contributed by atoms with Gasteiger partial charge >= 0.3 is 0 Å². The number of aryl methyl sites for hydroxylation is 3. The standard InChI is InChI=1S/C20H27N3O3/c1-12-7-13(2)16(14(3)8-12)9-19(25)23-10-15(11-23)21-20(26)17-5-4-6-18(24)22-17/h7-8,15,17H,4-6,9-11H2,1-3H3,(H,21,26)(H,22,24)/t17-/m1/s1. The van der Waals surface area contributed by atoms with E-state index in [2.05, 4.69) is 29.7 Å². The molecule has 6 nitrogen and oxygen atoms in total. The number of carbonyl (C=O) groups excluding carboxylic acids is 3. The molecular weight excluding hydrogens is 330 g/mol. The molecule has 2 saturated heterocycles. The van der Waals surface area contributed by atoms with Crippen molar-refractivity contribution in [1.29, 1.82) is 0 Å². The van der Waals surface area contributed by atoms with E-state index in [4.69, 9.17) is 0 Å². The first-order chi connectivity index (χ1) is 12.3. The molecule has 6 heteroatoms. The average Bonchev–Trinajstić information content (AvgIpc) is 2.53. The summed E-state index contributed by atoms with van der Waals surface area (Å²) >= 11 is 0. The number of nitrogens with one attached hydrogen (secondary N) is 2. The number of nitrogens with zero attached hydrogens (tertiary/aromatic N) is 1. The van der Waals surface area contributed by atoms with Gasteiger partial charge < -0.3 is 15.5 Å². The predicted molar refractivity (Wildman–Crippen MR) is 98.6 cm³/mol. The van der Waals surface area contributed by atoms with Gasteiger partial charge in [-0.2, -0.15) is 0 Å². The predicted octanol–water partition coefficient (Wildman–Crippen LogP) is 1.15. The average molecular weight is 357 g/mol. The molecule has 1 aromatic rings. The topological polar surface area (TPSA) is 78.5 Å². The van der Waals surface area contributed by atoms with Gasteiger partial charge in [-0.3, -0.25) is 14.4 Å². The number of benzene rings is 1. The van der Waals surface area contributed by atoms with E-state index in [1.165, 1.54) is 5.56 Å². The van der Waals surface area contributed by atoms with Crippen LogP contribution in [0.25, 0.3) is 0 Å². The first kappa shape index (κ1) is 18.4. The summed E-state index contributed by atoms with van der Waals surface area (Å²) in [6.07, 6.45) is 2.32. The fraction of sp³-hybridized carbons (Fsp3) is 0.550. The van der Waals surface area contributed by atoms with E-state index in [9.17, 15) is 14.4 Å². The first-order valence-corrected chi connectivity index (χ1v) is 9.27. The lowest BCUT2D eigenvalue weighted by Gasteiger charge is -2.40. The minimum atomic E-state index is -0.432. The van der Waals surface area contributed by atoms with E-state index in [0.717, 1.165) is 23.1 Å². The van der Waals surface area contributed by atoms with E-state index in [1.807, 2.05) is 13.8 Å². The van der Waals surface area contributed by atoms with Crippen LogP contribution in [0.4, 0.5) is 0 Å². The molecule has 0 aliphatic carbocycles. The molecule has 2 N–H and O–H groups in total. The molecule has 2 fully saturated rings. The molecule has 3 amide bonds. The third-order valence-corrected chi connectivity index (χ3v) is 5.30. The molecular formula is C20H27N3O3. The van der Waals surface area contributed by atoms with Gasteiger partial charge in [0.1, 0.15) is 6.04 Å². The summed E-state index contributed by atoms with van der Waals surface area (Å²) in [5.41, 5.74) is 4.60. The van der Waals surface area contributed by atoms with Crippen molar-refractivity contribution in [2.75, 3.05) is 13.1 Å². The molecule has 0 saturated carbocycles. The van der Waals surface area contributed by atoms with Crippen molar-refractivity contribution in [3.8, 4) is 0 Å². The first-order valence-electron chi connectivity index (χ1n) is 9.27. The zero-order valence-corrected chi connectivity index (χ0v) is 15.7. The number of hydrogen-bond acceptors (Lipinski definition) is 3. The molecule has 0 unspecified atom stereocenters. The van der Waals surface area contributed by atoms with Gasteiger partial charge in [0.2, 0.25) is 17.7 Å². The minimum absolute atomic E-state index is 0.0227. The third kappa shape index (κ3) is 4.06. The molecule has 1 aromatic carbocycles. The molecule has 140 valence electrons. The maximum Gasteiger partial charge on any atom is 0.242 e. The van der Waals surface area contributed by atoms with Crippen LogP contribution < -0.4 is 10.6 Å².